The molecule has 2 heterocycles. The molecule has 2 fully saturated rings. The van der Waals surface area contributed by atoms with Crippen LogP contribution < -0.4 is 0 Å². The Morgan fingerprint density at radius 1 is 1.17 bits per heavy atom. The molecule has 1 saturated carbocycles. The molecule has 18 heavy (non-hydrogen) atoms. The highest BCUT2D eigenvalue weighted by atomic mass is 16.2. The van der Waals surface area contributed by atoms with Gasteiger partial charge in [0, 0.05) is 18.7 Å². The van der Waals surface area contributed by atoms with E-state index >= 15 is 0 Å². The van der Waals surface area contributed by atoms with Crippen molar-refractivity contribution in [1.82, 2.24) is 9.88 Å². The zero-order valence-corrected chi connectivity index (χ0v) is 10.7. The predicted octanol–water partition coefficient (Wildman–Crippen LogP) is 2.94. The fraction of sp³-hybridized carbons (Fsp3) is 0.600. The smallest absolute Gasteiger partial charge is 0.226 e. The van der Waals surface area contributed by atoms with Gasteiger partial charge in [-0.3, -0.25) is 9.78 Å². The Morgan fingerprint density at radius 2 is 2.00 bits per heavy atom. The molecule has 1 aromatic heterocycles. The lowest BCUT2D eigenvalue weighted by molar-refractivity contribution is -0.136. The van der Waals surface area contributed by atoms with Crippen molar-refractivity contribution < 1.29 is 4.79 Å². The number of carbonyl (C=O) groups excluding carboxylic acids is 1. The van der Waals surface area contributed by atoms with E-state index in [-0.39, 0.29) is 12.0 Å². The second-order valence-electron chi connectivity index (χ2n) is 5.43. The van der Waals surface area contributed by atoms with Crippen LogP contribution in [0.2, 0.25) is 0 Å². The summed E-state index contributed by atoms with van der Waals surface area (Å²) in [5.74, 6) is 0.662. The molecule has 0 unspecified atom stereocenters. The highest BCUT2D eigenvalue weighted by Crippen LogP contribution is 2.35. The zero-order valence-electron chi connectivity index (χ0n) is 10.7. The van der Waals surface area contributed by atoms with Crippen LogP contribution in [0.4, 0.5) is 0 Å². The first-order chi connectivity index (χ1) is 8.86. The van der Waals surface area contributed by atoms with Crippen molar-refractivity contribution in [2.45, 2.75) is 44.6 Å². The molecule has 1 atom stereocenters. The van der Waals surface area contributed by atoms with Crippen LogP contribution in [0.1, 0.15) is 50.3 Å². The summed E-state index contributed by atoms with van der Waals surface area (Å²) in [6.07, 6.45) is 8.62. The van der Waals surface area contributed by atoms with Gasteiger partial charge in [-0.15, -0.1) is 0 Å². The van der Waals surface area contributed by atoms with Crippen molar-refractivity contribution in [1.29, 1.82) is 0 Å². The molecular weight excluding hydrogens is 224 g/mol. The molecule has 96 valence electrons. The Kier molecular flexibility index (Phi) is 3.31. The van der Waals surface area contributed by atoms with E-state index in [0.29, 0.717) is 5.91 Å². The van der Waals surface area contributed by atoms with Gasteiger partial charge in [-0.05, 0) is 37.8 Å². The maximum atomic E-state index is 12.5. The van der Waals surface area contributed by atoms with E-state index in [1.807, 2.05) is 24.4 Å². The minimum absolute atomic E-state index is 0.222. The fourth-order valence-electron chi connectivity index (χ4n) is 3.32. The minimum atomic E-state index is 0.222. The van der Waals surface area contributed by atoms with Crippen LogP contribution in [0.25, 0.3) is 0 Å². The summed E-state index contributed by atoms with van der Waals surface area (Å²) < 4.78 is 0. The number of amides is 1. The van der Waals surface area contributed by atoms with Crippen LogP contribution in [0.5, 0.6) is 0 Å². The first kappa shape index (κ1) is 11.7. The third kappa shape index (κ3) is 2.14. The van der Waals surface area contributed by atoms with E-state index in [4.69, 9.17) is 0 Å². The summed E-state index contributed by atoms with van der Waals surface area (Å²) in [6, 6.07) is 6.21. The number of hydrogen-bond donors (Lipinski definition) is 0. The van der Waals surface area contributed by atoms with Gasteiger partial charge in [-0.2, -0.15) is 0 Å². The SMILES string of the molecule is O=C(C1CCCC1)N1CCC[C@H]1c1ccccn1. The van der Waals surface area contributed by atoms with Gasteiger partial charge in [-0.25, -0.2) is 0 Å². The van der Waals surface area contributed by atoms with Crippen molar-refractivity contribution in [3.63, 3.8) is 0 Å². The Balaban J connectivity index is 1.77. The fourth-order valence-corrected chi connectivity index (χ4v) is 3.32. The Hall–Kier alpha value is -1.38. The van der Waals surface area contributed by atoms with Crippen LogP contribution in [0.3, 0.4) is 0 Å². The van der Waals surface area contributed by atoms with Gasteiger partial charge in [0.25, 0.3) is 0 Å². The van der Waals surface area contributed by atoms with Crippen LogP contribution in [0, 0.1) is 5.92 Å². The van der Waals surface area contributed by atoms with Crippen molar-refractivity contribution in [2.75, 3.05) is 6.54 Å². The highest BCUT2D eigenvalue weighted by molar-refractivity contribution is 5.79. The number of likely N-dealkylation sites (tertiary alicyclic amines) is 1. The summed E-state index contributed by atoms with van der Waals surface area (Å²) in [4.78, 5) is 19.0. The second kappa shape index (κ2) is 5.09. The first-order valence-corrected chi connectivity index (χ1v) is 7.07. The maximum Gasteiger partial charge on any atom is 0.226 e. The molecule has 0 aromatic carbocycles. The summed E-state index contributed by atoms with van der Waals surface area (Å²) in [5, 5.41) is 0. The molecule has 0 N–H and O–H groups in total. The molecule has 0 radical (unpaired) electrons. The molecule has 3 heteroatoms. The van der Waals surface area contributed by atoms with Gasteiger partial charge in [-0.1, -0.05) is 18.9 Å². The van der Waals surface area contributed by atoms with Gasteiger partial charge < -0.3 is 4.90 Å². The molecular formula is C15H20N2O. The largest absolute Gasteiger partial charge is 0.334 e. The quantitative estimate of drug-likeness (QED) is 0.801. The van der Waals surface area contributed by atoms with E-state index in [9.17, 15) is 4.79 Å². The summed E-state index contributed by atoms with van der Waals surface area (Å²) in [6.45, 7) is 0.913. The van der Waals surface area contributed by atoms with Crippen LogP contribution in [-0.4, -0.2) is 22.3 Å². The van der Waals surface area contributed by atoms with E-state index in [0.717, 1.165) is 37.9 Å². The lowest BCUT2D eigenvalue weighted by atomic mass is 10.0. The first-order valence-electron chi connectivity index (χ1n) is 7.07. The number of rotatable bonds is 2. The number of carbonyl (C=O) groups is 1. The summed E-state index contributed by atoms with van der Waals surface area (Å²) >= 11 is 0. The number of nitrogens with zero attached hydrogens (tertiary/aromatic N) is 2. The predicted molar refractivity (Wildman–Crippen MR) is 69.9 cm³/mol. The highest BCUT2D eigenvalue weighted by Gasteiger charge is 2.35. The monoisotopic (exact) mass is 244 g/mol. The average Bonchev–Trinajstić information content (AvgIpc) is 3.10. The van der Waals surface area contributed by atoms with Crippen LogP contribution >= 0.6 is 0 Å². The van der Waals surface area contributed by atoms with Gasteiger partial charge in [0.15, 0.2) is 0 Å². The number of hydrogen-bond acceptors (Lipinski definition) is 2. The molecule has 0 spiro atoms. The molecule has 1 aliphatic carbocycles. The minimum Gasteiger partial charge on any atom is -0.334 e. The molecule has 3 rings (SSSR count). The van der Waals surface area contributed by atoms with Gasteiger partial charge >= 0.3 is 0 Å². The van der Waals surface area contributed by atoms with Gasteiger partial charge in [0.1, 0.15) is 0 Å². The molecule has 1 saturated heterocycles. The summed E-state index contributed by atoms with van der Waals surface area (Å²) in [5.41, 5.74) is 1.06. The number of aromatic nitrogens is 1. The van der Waals surface area contributed by atoms with Crippen molar-refractivity contribution in [3.8, 4) is 0 Å². The van der Waals surface area contributed by atoms with Gasteiger partial charge in [0.2, 0.25) is 5.91 Å². The maximum absolute atomic E-state index is 12.5. The number of pyridine rings is 1. The van der Waals surface area contributed by atoms with E-state index in [2.05, 4.69) is 9.88 Å². The molecule has 1 aromatic rings. The second-order valence-corrected chi connectivity index (χ2v) is 5.43. The van der Waals surface area contributed by atoms with E-state index < -0.39 is 0 Å². The molecule has 3 nitrogen and oxygen atoms in total. The lowest BCUT2D eigenvalue weighted by Crippen LogP contribution is -2.35. The zero-order chi connectivity index (χ0) is 12.4. The van der Waals surface area contributed by atoms with Gasteiger partial charge in [0.05, 0.1) is 11.7 Å². The molecule has 1 aliphatic heterocycles. The molecule has 1 amide bonds. The van der Waals surface area contributed by atoms with Crippen molar-refractivity contribution in [3.05, 3.63) is 30.1 Å². The molecule has 2 aliphatic rings. The van der Waals surface area contributed by atoms with Crippen molar-refractivity contribution in [2.24, 2.45) is 5.92 Å². The molecule has 0 bridgehead atoms. The van der Waals surface area contributed by atoms with E-state index in [1.165, 1.54) is 12.8 Å². The lowest BCUT2D eigenvalue weighted by Gasteiger charge is -2.27. The van der Waals surface area contributed by atoms with Crippen LogP contribution in [0.15, 0.2) is 24.4 Å². The Morgan fingerprint density at radius 3 is 2.72 bits per heavy atom. The van der Waals surface area contributed by atoms with Crippen LogP contribution in [-0.2, 0) is 4.79 Å². The third-order valence-corrected chi connectivity index (χ3v) is 4.27. The Labute approximate surface area is 108 Å². The van der Waals surface area contributed by atoms with Crippen molar-refractivity contribution >= 4 is 5.91 Å². The van der Waals surface area contributed by atoms with E-state index in [1.54, 1.807) is 0 Å². The summed E-state index contributed by atoms with van der Waals surface area (Å²) in [7, 11) is 0. The Bertz CT molecular complexity index is 412. The standard InChI is InChI=1S/C15H20N2O/c18-15(12-6-1-2-7-12)17-11-5-9-14(17)13-8-3-4-10-16-13/h3-4,8,10,12,14H,1-2,5-7,9,11H2/t14-/m0/s1. The average molecular weight is 244 g/mol. The third-order valence-electron chi connectivity index (χ3n) is 4.27. The topological polar surface area (TPSA) is 33.2 Å². The normalized spacial score (nSPS) is 24.7.